The molecule has 0 saturated heterocycles. The van der Waals surface area contributed by atoms with Gasteiger partial charge in [0.1, 0.15) is 5.75 Å². The van der Waals surface area contributed by atoms with Crippen molar-refractivity contribution >= 4 is 5.97 Å². The van der Waals surface area contributed by atoms with Crippen LogP contribution in [-0.2, 0) is 16.0 Å². The molecule has 0 radical (unpaired) electrons. The summed E-state index contributed by atoms with van der Waals surface area (Å²) < 4.78 is 34.6. The van der Waals surface area contributed by atoms with Crippen molar-refractivity contribution in [2.24, 2.45) is 0 Å². The number of carbonyl (C=O) groups excluding carboxylic acids is 1. The summed E-state index contributed by atoms with van der Waals surface area (Å²) in [7, 11) is 2.95. The fourth-order valence-electron chi connectivity index (χ4n) is 2.52. The largest absolute Gasteiger partial charge is 0.497 e. The van der Waals surface area contributed by atoms with E-state index in [1.807, 2.05) is 0 Å². The molecule has 0 spiro atoms. The maximum absolute atomic E-state index is 13.7. The van der Waals surface area contributed by atoms with Crippen molar-refractivity contribution in [3.8, 4) is 23.0 Å². The molecule has 146 valence electrons. The predicted molar refractivity (Wildman–Crippen MR) is 97.4 cm³/mol. The van der Waals surface area contributed by atoms with Crippen LogP contribution in [0.3, 0.4) is 0 Å². The first-order chi connectivity index (χ1) is 13.5. The number of carbonyl (C=O) groups is 1. The van der Waals surface area contributed by atoms with Crippen LogP contribution >= 0.6 is 0 Å². The maximum atomic E-state index is 13.7. The number of benzene rings is 2. The molecule has 1 heterocycles. The van der Waals surface area contributed by atoms with E-state index >= 15 is 0 Å². The fourth-order valence-corrected chi connectivity index (χ4v) is 2.52. The number of aromatic nitrogens is 2. The molecule has 0 aliphatic rings. The van der Waals surface area contributed by atoms with E-state index in [-0.39, 0.29) is 18.1 Å². The van der Waals surface area contributed by atoms with Gasteiger partial charge in [0.05, 0.1) is 20.6 Å². The first-order valence-electron chi connectivity index (χ1n) is 8.50. The van der Waals surface area contributed by atoms with Crippen molar-refractivity contribution in [1.29, 1.82) is 0 Å². The minimum absolute atomic E-state index is 0.0925. The monoisotopic (exact) mass is 386 g/mol. The lowest BCUT2D eigenvalue weighted by Gasteiger charge is -2.10. The van der Waals surface area contributed by atoms with E-state index in [4.69, 9.17) is 18.6 Å². The topological polar surface area (TPSA) is 83.7 Å². The first kappa shape index (κ1) is 19.3. The van der Waals surface area contributed by atoms with Crippen molar-refractivity contribution < 1.29 is 27.8 Å². The van der Waals surface area contributed by atoms with Crippen LogP contribution in [0.4, 0.5) is 4.39 Å². The second kappa shape index (κ2) is 8.51. The number of halogens is 1. The van der Waals surface area contributed by atoms with Gasteiger partial charge in [-0.3, -0.25) is 4.79 Å². The molecule has 7 nitrogen and oxygen atoms in total. The SMILES string of the molecule is COc1ccc(-c2nnc([C@@H](C)OC(=O)Cc3ccc(OC)c(F)c3)o2)cc1. The van der Waals surface area contributed by atoms with Gasteiger partial charge in [0.2, 0.25) is 5.89 Å². The van der Waals surface area contributed by atoms with Gasteiger partial charge in [-0.2, -0.15) is 0 Å². The van der Waals surface area contributed by atoms with Crippen molar-refractivity contribution in [3.05, 3.63) is 59.7 Å². The van der Waals surface area contributed by atoms with Crippen LogP contribution in [0.5, 0.6) is 11.5 Å². The lowest BCUT2D eigenvalue weighted by atomic mass is 10.1. The number of rotatable bonds is 7. The number of nitrogens with zero attached hydrogens (tertiary/aromatic N) is 2. The van der Waals surface area contributed by atoms with E-state index in [2.05, 4.69) is 10.2 Å². The van der Waals surface area contributed by atoms with Crippen LogP contribution in [0, 0.1) is 5.82 Å². The van der Waals surface area contributed by atoms with Gasteiger partial charge in [0.15, 0.2) is 17.7 Å². The Morgan fingerprint density at radius 2 is 1.86 bits per heavy atom. The van der Waals surface area contributed by atoms with Gasteiger partial charge in [0, 0.05) is 5.56 Å². The van der Waals surface area contributed by atoms with Crippen LogP contribution in [0.1, 0.15) is 24.5 Å². The average Bonchev–Trinajstić information content (AvgIpc) is 3.18. The normalized spacial score (nSPS) is 11.7. The Bertz CT molecular complexity index is 955. The molecule has 0 unspecified atom stereocenters. The van der Waals surface area contributed by atoms with Gasteiger partial charge >= 0.3 is 5.97 Å². The second-order valence-corrected chi connectivity index (χ2v) is 5.95. The zero-order chi connectivity index (χ0) is 20.1. The molecule has 0 N–H and O–H groups in total. The van der Waals surface area contributed by atoms with Crippen molar-refractivity contribution in [3.63, 3.8) is 0 Å². The minimum Gasteiger partial charge on any atom is -0.497 e. The van der Waals surface area contributed by atoms with Crippen LogP contribution in [-0.4, -0.2) is 30.4 Å². The third-order valence-corrected chi connectivity index (χ3v) is 4.00. The highest BCUT2D eigenvalue weighted by atomic mass is 19.1. The fraction of sp³-hybridized carbons (Fsp3) is 0.250. The average molecular weight is 386 g/mol. The van der Waals surface area contributed by atoms with Gasteiger partial charge in [-0.05, 0) is 48.9 Å². The van der Waals surface area contributed by atoms with Gasteiger partial charge in [-0.1, -0.05) is 6.07 Å². The Labute approximate surface area is 161 Å². The minimum atomic E-state index is -0.741. The summed E-state index contributed by atoms with van der Waals surface area (Å²) in [4.78, 5) is 12.1. The molecule has 0 fully saturated rings. The summed E-state index contributed by atoms with van der Waals surface area (Å²) in [6.07, 6.45) is -0.833. The Balaban J connectivity index is 1.62. The molecule has 0 amide bonds. The van der Waals surface area contributed by atoms with Gasteiger partial charge in [-0.15, -0.1) is 10.2 Å². The van der Waals surface area contributed by atoms with Crippen molar-refractivity contribution in [2.75, 3.05) is 14.2 Å². The molecule has 8 heteroatoms. The van der Waals surface area contributed by atoms with Gasteiger partial charge < -0.3 is 18.6 Å². The van der Waals surface area contributed by atoms with E-state index < -0.39 is 17.9 Å². The summed E-state index contributed by atoms with van der Waals surface area (Å²) in [6.45, 7) is 1.62. The van der Waals surface area contributed by atoms with Crippen molar-refractivity contribution in [2.45, 2.75) is 19.4 Å². The van der Waals surface area contributed by atoms with E-state index in [1.54, 1.807) is 44.4 Å². The Morgan fingerprint density at radius 3 is 2.50 bits per heavy atom. The molecule has 0 bridgehead atoms. The number of methoxy groups -OCH3 is 2. The maximum Gasteiger partial charge on any atom is 0.311 e. The highest BCUT2D eigenvalue weighted by molar-refractivity contribution is 5.72. The predicted octanol–water partition coefficient (Wildman–Crippen LogP) is 3.74. The number of ether oxygens (including phenoxy) is 3. The summed E-state index contributed by atoms with van der Waals surface area (Å²) in [6, 6.07) is 11.4. The van der Waals surface area contributed by atoms with Crippen LogP contribution < -0.4 is 9.47 Å². The molecule has 0 aliphatic heterocycles. The van der Waals surface area contributed by atoms with E-state index in [0.717, 1.165) is 0 Å². The molecule has 0 aliphatic carbocycles. The summed E-state index contributed by atoms with van der Waals surface area (Å²) in [5, 5.41) is 7.90. The molecular weight excluding hydrogens is 367 g/mol. The van der Waals surface area contributed by atoms with E-state index in [1.165, 1.54) is 19.2 Å². The Morgan fingerprint density at radius 1 is 1.11 bits per heavy atom. The smallest absolute Gasteiger partial charge is 0.311 e. The molecule has 1 atom stereocenters. The van der Waals surface area contributed by atoms with Crippen molar-refractivity contribution in [1.82, 2.24) is 10.2 Å². The molecule has 2 aromatic carbocycles. The molecule has 3 rings (SSSR count). The van der Waals surface area contributed by atoms with Crippen LogP contribution in [0.25, 0.3) is 11.5 Å². The van der Waals surface area contributed by atoms with Crippen LogP contribution in [0.2, 0.25) is 0 Å². The second-order valence-electron chi connectivity index (χ2n) is 5.95. The third kappa shape index (κ3) is 4.46. The lowest BCUT2D eigenvalue weighted by molar-refractivity contribution is -0.148. The number of esters is 1. The molecule has 28 heavy (non-hydrogen) atoms. The van der Waals surface area contributed by atoms with E-state index in [0.29, 0.717) is 22.8 Å². The Hall–Kier alpha value is -3.42. The lowest BCUT2D eigenvalue weighted by Crippen LogP contribution is -2.12. The van der Waals surface area contributed by atoms with Gasteiger partial charge in [0.25, 0.3) is 5.89 Å². The highest BCUT2D eigenvalue weighted by Gasteiger charge is 2.19. The zero-order valence-electron chi connectivity index (χ0n) is 15.6. The molecular formula is C20H19FN2O5. The molecule has 1 aromatic heterocycles. The Kier molecular flexibility index (Phi) is 5.88. The summed E-state index contributed by atoms with van der Waals surface area (Å²) in [5.41, 5.74) is 1.19. The third-order valence-electron chi connectivity index (χ3n) is 4.00. The summed E-state index contributed by atoms with van der Waals surface area (Å²) >= 11 is 0. The summed E-state index contributed by atoms with van der Waals surface area (Å²) in [5.74, 6) is 0.212. The molecule has 3 aromatic rings. The van der Waals surface area contributed by atoms with E-state index in [9.17, 15) is 9.18 Å². The molecule has 0 saturated carbocycles. The number of hydrogen-bond acceptors (Lipinski definition) is 7. The number of hydrogen-bond donors (Lipinski definition) is 0. The highest BCUT2D eigenvalue weighted by Crippen LogP contribution is 2.25. The zero-order valence-corrected chi connectivity index (χ0v) is 15.6. The first-order valence-corrected chi connectivity index (χ1v) is 8.50. The quantitative estimate of drug-likeness (QED) is 0.572. The van der Waals surface area contributed by atoms with Crippen LogP contribution in [0.15, 0.2) is 46.9 Å². The van der Waals surface area contributed by atoms with Gasteiger partial charge in [-0.25, -0.2) is 4.39 Å². The standard InChI is InChI=1S/C20H19FN2O5/c1-12(27-18(24)11-13-4-9-17(26-3)16(21)10-13)19-22-23-20(28-19)14-5-7-15(25-2)8-6-14/h4-10,12H,11H2,1-3H3/t12-/m1/s1.